The minimum atomic E-state index is -0.613. The quantitative estimate of drug-likeness (QED) is 0.244. The minimum Gasteiger partial charge on any atom is -0.365 e. The highest BCUT2D eigenvalue weighted by Gasteiger charge is 2.26. The second-order valence-corrected chi connectivity index (χ2v) is 10.2. The molecule has 5 rings (SSSR count). The van der Waals surface area contributed by atoms with Crippen LogP contribution in [0.2, 0.25) is 5.02 Å². The molecule has 184 valence electrons. The first kappa shape index (κ1) is 24.5. The number of fused-ring (bicyclic) bond motifs is 1. The number of hydrogen-bond acceptors (Lipinski definition) is 5. The highest BCUT2D eigenvalue weighted by Crippen LogP contribution is 2.38. The lowest BCUT2D eigenvalue weighted by molar-refractivity contribution is -0.112. The number of nitrogens with one attached hydrogen (secondary N) is 1. The molecule has 0 spiro atoms. The Morgan fingerprint density at radius 3 is 2.54 bits per heavy atom. The SMILES string of the molecule is N#CC(=Cc1cn(-c2ccccc2)nc1-c1ccc(Cl)cc1)C(=O)Nc1sc2c(c1C(N)=O)CCCC2. The van der Waals surface area contributed by atoms with Gasteiger partial charge in [0.05, 0.1) is 16.9 Å². The Kier molecular flexibility index (Phi) is 6.91. The number of thiophene rings is 1. The van der Waals surface area contributed by atoms with Crippen molar-refractivity contribution in [1.29, 1.82) is 5.26 Å². The van der Waals surface area contributed by atoms with Gasteiger partial charge >= 0.3 is 0 Å². The molecule has 0 atom stereocenters. The lowest BCUT2D eigenvalue weighted by atomic mass is 9.95. The minimum absolute atomic E-state index is 0.121. The van der Waals surface area contributed by atoms with Crippen LogP contribution in [0.1, 0.15) is 39.2 Å². The molecule has 9 heteroatoms. The van der Waals surface area contributed by atoms with Gasteiger partial charge in [-0.25, -0.2) is 4.68 Å². The van der Waals surface area contributed by atoms with Crippen LogP contribution in [0.25, 0.3) is 23.0 Å². The van der Waals surface area contributed by atoms with Gasteiger partial charge in [-0.1, -0.05) is 41.9 Å². The number of benzene rings is 2. The predicted octanol–water partition coefficient (Wildman–Crippen LogP) is 5.78. The summed E-state index contributed by atoms with van der Waals surface area (Å²) in [6.45, 7) is 0. The summed E-state index contributed by atoms with van der Waals surface area (Å²) >= 11 is 7.43. The number of carbonyl (C=O) groups excluding carboxylic acids is 2. The van der Waals surface area contributed by atoms with Gasteiger partial charge in [0.1, 0.15) is 16.6 Å². The molecule has 37 heavy (non-hydrogen) atoms. The third-order valence-electron chi connectivity index (χ3n) is 6.19. The lowest BCUT2D eigenvalue weighted by Gasteiger charge is -2.11. The fraction of sp³-hybridized carbons (Fsp3) is 0.143. The molecule has 0 radical (unpaired) electrons. The van der Waals surface area contributed by atoms with Gasteiger partial charge in [-0.05, 0) is 61.6 Å². The highest BCUT2D eigenvalue weighted by molar-refractivity contribution is 7.17. The van der Waals surface area contributed by atoms with E-state index in [4.69, 9.17) is 22.4 Å². The van der Waals surface area contributed by atoms with Crippen LogP contribution in [-0.4, -0.2) is 21.6 Å². The van der Waals surface area contributed by atoms with Crippen LogP contribution >= 0.6 is 22.9 Å². The molecular weight excluding hydrogens is 506 g/mol. The summed E-state index contributed by atoms with van der Waals surface area (Å²) in [5.74, 6) is -1.19. The number of anilines is 1. The number of aryl methyl sites for hydroxylation is 1. The third kappa shape index (κ3) is 5.05. The second kappa shape index (κ2) is 10.4. The van der Waals surface area contributed by atoms with Gasteiger partial charge in [0, 0.05) is 27.2 Å². The molecule has 0 aliphatic heterocycles. The Morgan fingerprint density at radius 1 is 1.11 bits per heavy atom. The van der Waals surface area contributed by atoms with Crippen LogP contribution in [0.15, 0.2) is 66.4 Å². The number of nitrogens with zero attached hydrogens (tertiary/aromatic N) is 3. The Morgan fingerprint density at radius 2 is 1.84 bits per heavy atom. The predicted molar refractivity (Wildman–Crippen MR) is 146 cm³/mol. The number of nitrogens with two attached hydrogens (primary N) is 1. The number of carbonyl (C=O) groups is 2. The lowest BCUT2D eigenvalue weighted by Crippen LogP contribution is -2.19. The van der Waals surface area contributed by atoms with Gasteiger partial charge < -0.3 is 11.1 Å². The molecule has 0 saturated carbocycles. The Bertz CT molecular complexity index is 1560. The van der Waals surface area contributed by atoms with Crippen molar-refractivity contribution in [2.75, 3.05) is 5.32 Å². The van der Waals surface area contributed by atoms with Gasteiger partial charge in [0.2, 0.25) is 0 Å². The summed E-state index contributed by atoms with van der Waals surface area (Å²) < 4.78 is 1.70. The summed E-state index contributed by atoms with van der Waals surface area (Å²) in [6.07, 6.45) is 6.87. The Hall–Kier alpha value is -4.19. The molecule has 2 heterocycles. The summed E-state index contributed by atoms with van der Waals surface area (Å²) in [5.41, 5.74) is 9.59. The van der Waals surface area contributed by atoms with Crippen molar-refractivity contribution in [2.45, 2.75) is 25.7 Å². The van der Waals surface area contributed by atoms with E-state index in [-0.39, 0.29) is 5.57 Å². The van der Waals surface area contributed by atoms with E-state index in [9.17, 15) is 14.9 Å². The standard InChI is InChI=1S/C28H22ClN5O2S/c29-20-12-10-17(11-13-20)25-19(16-34(33-25)21-6-2-1-3-7-21)14-18(15-30)27(36)32-28-24(26(31)35)22-8-4-5-9-23(22)37-28/h1-3,6-7,10-14,16H,4-5,8-9H2,(H2,31,35)(H,32,36). The molecule has 2 aromatic heterocycles. The molecule has 0 saturated heterocycles. The number of hydrogen-bond donors (Lipinski definition) is 2. The first-order valence-corrected chi connectivity index (χ1v) is 12.9. The maximum absolute atomic E-state index is 13.2. The first-order chi connectivity index (χ1) is 17.9. The number of amides is 2. The van der Waals surface area contributed by atoms with Gasteiger partial charge in [-0.2, -0.15) is 10.4 Å². The smallest absolute Gasteiger partial charge is 0.266 e. The Labute approximate surface area is 222 Å². The zero-order valence-electron chi connectivity index (χ0n) is 19.7. The van der Waals surface area contributed by atoms with E-state index in [2.05, 4.69) is 5.32 Å². The number of para-hydroxylation sites is 1. The number of nitriles is 1. The van der Waals surface area contributed by atoms with E-state index < -0.39 is 11.8 Å². The molecule has 0 fully saturated rings. The van der Waals surface area contributed by atoms with Gasteiger partial charge in [-0.15, -0.1) is 11.3 Å². The number of primary amides is 1. The van der Waals surface area contributed by atoms with Crippen molar-refractivity contribution >= 4 is 45.8 Å². The maximum Gasteiger partial charge on any atom is 0.266 e. The number of aromatic nitrogens is 2. The highest BCUT2D eigenvalue weighted by atomic mass is 35.5. The van der Waals surface area contributed by atoms with Crippen LogP contribution in [0.3, 0.4) is 0 Å². The monoisotopic (exact) mass is 527 g/mol. The average molecular weight is 528 g/mol. The fourth-order valence-electron chi connectivity index (χ4n) is 4.43. The van der Waals surface area contributed by atoms with Crippen molar-refractivity contribution in [1.82, 2.24) is 9.78 Å². The van der Waals surface area contributed by atoms with Gasteiger partial charge in [-0.3, -0.25) is 9.59 Å². The molecule has 7 nitrogen and oxygen atoms in total. The number of rotatable bonds is 6. The largest absolute Gasteiger partial charge is 0.365 e. The molecule has 3 N–H and O–H groups in total. The van der Waals surface area contributed by atoms with Crippen LogP contribution in [-0.2, 0) is 17.6 Å². The van der Waals surface area contributed by atoms with Crippen molar-refractivity contribution in [3.63, 3.8) is 0 Å². The van der Waals surface area contributed by atoms with E-state index in [0.29, 0.717) is 26.8 Å². The van der Waals surface area contributed by atoms with Gasteiger partial charge in [0.15, 0.2) is 0 Å². The summed E-state index contributed by atoms with van der Waals surface area (Å²) in [7, 11) is 0. The second-order valence-electron chi connectivity index (χ2n) is 8.62. The van der Waals surface area contributed by atoms with Crippen LogP contribution < -0.4 is 11.1 Å². The van der Waals surface area contributed by atoms with Crippen LogP contribution in [0, 0.1) is 11.3 Å². The Balaban J connectivity index is 1.53. The zero-order chi connectivity index (χ0) is 25.9. The molecule has 4 aromatic rings. The summed E-state index contributed by atoms with van der Waals surface area (Å²) in [5, 5.41) is 18.4. The molecule has 2 aromatic carbocycles. The topological polar surface area (TPSA) is 114 Å². The maximum atomic E-state index is 13.2. The fourth-order valence-corrected chi connectivity index (χ4v) is 5.84. The van der Waals surface area contributed by atoms with Crippen molar-refractivity contribution in [3.05, 3.63) is 93.0 Å². The van der Waals surface area contributed by atoms with Crippen molar-refractivity contribution < 1.29 is 9.59 Å². The van der Waals surface area contributed by atoms with Crippen LogP contribution in [0.5, 0.6) is 0 Å². The zero-order valence-corrected chi connectivity index (χ0v) is 21.3. The van der Waals surface area contributed by atoms with E-state index in [0.717, 1.165) is 47.4 Å². The summed E-state index contributed by atoms with van der Waals surface area (Å²) in [4.78, 5) is 26.5. The molecular formula is C28H22ClN5O2S. The van der Waals surface area contributed by atoms with Crippen molar-refractivity contribution in [3.8, 4) is 23.0 Å². The average Bonchev–Trinajstić information content (AvgIpc) is 3.49. The van der Waals surface area contributed by atoms with E-state index in [1.165, 1.54) is 17.4 Å². The van der Waals surface area contributed by atoms with Crippen LogP contribution in [0.4, 0.5) is 5.00 Å². The first-order valence-electron chi connectivity index (χ1n) is 11.7. The van der Waals surface area contributed by atoms with Crippen molar-refractivity contribution in [2.24, 2.45) is 5.73 Å². The molecule has 2 amide bonds. The molecule has 0 unspecified atom stereocenters. The van der Waals surface area contributed by atoms with E-state index in [1.807, 2.05) is 48.5 Å². The van der Waals surface area contributed by atoms with E-state index in [1.54, 1.807) is 23.0 Å². The van der Waals surface area contributed by atoms with E-state index >= 15 is 0 Å². The third-order valence-corrected chi connectivity index (χ3v) is 7.65. The normalized spacial score (nSPS) is 13.0. The summed E-state index contributed by atoms with van der Waals surface area (Å²) in [6, 6.07) is 18.7. The molecule has 1 aliphatic rings. The molecule has 0 bridgehead atoms. The van der Waals surface area contributed by atoms with Gasteiger partial charge in [0.25, 0.3) is 11.8 Å². The number of halogens is 1. The molecule has 1 aliphatic carbocycles.